The number of nitrogens with one attached hydrogen (secondary N) is 3. The first-order valence-corrected chi connectivity index (χ1v) is 12.1. The van der Waals surface area contributed by atoms with Crippen LogP contribution in [-0.4, -0.2) is 44.0 Å². The maximum Gasteiger partial charge on any atom is 0.269 e. The molecule has 0 bridgehead atoms. The van der Waals surface area contributed by atoms with Crippen LogP contribution in [0.4, 0.5) is 0 Å². The second-order valence-electron chi connectivity index (χ2n) is 7.82. The number of rotatable bonds is 8. The molecule has 182 valence electrons. The van der Waals surface area contributed by atoms with Crippen molar-refractivity contribution in [2.24, 2.45) is 0 Å². The van der Waals surface area contributed by atoms with E-state index in [1.807, 2.05) is 6.92 Å². The second-order valence-corrected chi connectivity index (χ2v) is 9.87. The highest BCUT2D eigenvalue weighted by Crippen LogP contribution is 2.17. The molecule has 35 heavy (non-hydrogen) atoms. The summed E-state index contributed by atoms with van der Waals surface area (Å²) in [5, 5.41) is 2.46. The van der Waals surface area contributed by atoms with Gasteiger partial charge in [0.15, 0.2) is 0 Å². The van der Waals surface area contributed by atoms with E-state index in [0.717, 1.165) is 5.56 Å². The van der Waals surface area contributed by atoms with Crippen molar-refractivity contribution in [3.63, 3.8) is 0 Å². The molecule has 0 fully saturated rings. The van der Waals surface area contributed by atoms with Crippen molar-refractivity contribution < 1.29 is 22.8 Å². The molecule has 0 aliphatic rings. The Morgan fingerprint density at radius 3 is 2.00 bits per heavy atom. The zero-order chi connectivity index (χ0) is 25.4. The summed E-state index contributed by atoms with van der Waals surface area (Å²) in [4.78, 5) is 36.4. The van der Waals surface area contributed by atoms with Gasteiger partial charge in [-0.1, -0.05) is 48.0 Å². The van der Waals surface area contributed by atoms with Crippen LogP contribution in [0, 0.1) is 6.92 Å². The third-order valence-corrected chi connectivity index (χ3v) is 6.93. The number of amides is 3. The van der Waals surface area contributed by atoms with E-state index in [-0.39, 0.29) is 23.5 Å². The molecule has 3 aromatic rings. The first-order valence-electron chi connectivity index (χ1n) is 10.7. The molecule has 0 saturated heterocycles. The largest absolute Gasteiger partial charge is 0.343 e. The Morgan fingerprint density at radius 2 is 1.37 bits per heavy atom. The number of hydrogen-bond acceptors (Lipinski definition) is 5. The summed E-state index contributed by atoms with van der Waals surface area (Å²) in [6, 6.07) is 21.4. The first-order chi connectivity index (χ1) is 16.7. The molecule has 3 aromatic carbocycles. The van der Waals surface area contributed by atoms with Gasteiger partial charge in [-0.2, -0.15) is 4.31 Å². The van der Waals surface area contributed by atoms with Crippen molar-refractivity contribution in [3.05, 3.63) is 101 Å². The summed E-state index contributed by atoms with van der Waals surface area (Å²) in [5.74, 6) is -1.56. The monoisotopic (exact) mass is 494 g/mol. The molecule has 0 spiro atoms. The summed E-state index contributed by atoms with van der Waals surface area (Å²) < 4.78 is 26.7. The van der Waals surface area contributed by atoms with Gasteiger partial charge < -0.3 is 5.32 Å². The first kappa shape index (κ1) is 25.6. The molecular weight excluding hydrogens is 468 g/mol. The standard InChI is InChI=1S/C25H26N4O5S/c1-18-8-14-22(15-9-18)35(33,34)29(2)17-19-10-12-21(13-11-19)25(32)28-27-23(30)16-26-24(31)20-6-4-3-5-7-20/h3-15H,16-17H2,1-2H3,(H,26,31)(H,27,30)(H,28,32). The maximum absolute atomic E-state index is 12.7. The Morgan fingerprint density at radius 1 is 0.771 bits per heavy atom. The van der Waals surface area contributed by atoms with E-state index in [4.69, 9.17) is 0 Å². The van der Waals surface area contributed by atoms with Crippen molar-refractivity contribution in [3.8, 4) is 0 Å². The summed E-state index contributed by atoms with van der Waals surface area (Å²) in [7, 11) is -2.16. The second kappa shape index (κ2) is 11.4. The normalized spacial score (nSPS) is 11.1. The van der Waals surface area contributed by atoms with Crippen molar-refractivity contribution >= 4 is 27.7 Å². The van der Waals surface area contributed by atoms with Crippen molar-refractivity contribution in [2.45, 2.75) is 18.4 Å². The smallest absolute Gasteiger partial charge is 0.269 e. The predicted octanol–water partition coefficient (Wildman–Crippen LogP) is 2.01. The number of nitrogens with zero attached hydrogens (tertiary/aromatic N) is 1. The van der Waals surface area contributed by atoms with E-state index in [2.05, 4.69) is 16.2 Å². The van der Waals surface area contributed by atoms with Gasteiger partial charge in [-0.15, -0.1) is 0 Å². The van der Waals surface area contributed by atoms with E-state index in [1.54, 1.807) is 66.7 Å². The Kier molecular flexibility index (Phi) is 8.34. The Balaban J connectivity index is 1.49. The number of carbonyl (C=O) groups excluding carboxylic acids is 3. The molecule has 0 aromatic heterocycles. The van der Waals surface area contributed by atoms with E-state index < -0.39 is 27.7 Å². The number of carbonyl (C=O) groups is 3. The highest BCUT2D eigenvalue weighted by molar-refractivity contribution is 7.89. The Hall–Kier alpha value is -4.02. The molecule has 0 aliphatic carbocycles. The van der Waals surface area contributed by atoms with Crippen LogP contribution in [0.5, 0.6) is 0 Å². The quantitative estimate of drug-likeness (QED) is 0.413. The molecule has 0 atom stereocenters. The highest BCUT2D eigenvalue weighted by Gasteiger charge is 2.21. The van der Waals surface area contributed by atoms with Crippen LogP contribution in [0.2, 0.25) is 0 Å². The van der Waals surface area contributed by atoms with Gasteiger partial charge in [0.2, 0.25) is 10.0 Å². The lowest BCUT2D eigenvalue weighted by Crippen LogP contribution is -2.46. The highest BCUT2D eigenvalue weighted by atomic mass is 32.2. The lowest BCUT2D eigenvalue weighted by Gasteiger charge is -2.17. The van der Waals surface area contributed by atoms with Crippen molar-refractivity contribution in [2.75, 3.05) is 13.6 Å². The molecule has 0 radical (unpaired) electrons. The lowest BCUT2D eigenvalue weighted by molar-refractivity contribution is -0.120. The van der Waals surface area contributed by atoms with E-state index in [1.165, 1.54) is 23.5 Å². The van der Waals surface area contributed by atoms with Crippen LogP contribution in [0.3, 0.4) is 0 Å². The molecule has 10 heteroatoms. The summed E-state index contributed by atoms with van der Waals surface area (Å²) in [6.45, 7) is 1.69. The minimum Gasteiger partial charge on any atom is -0.343 e. The number of sulfonamides is 1. The average Bonchev–Trinajstić information content (AvgIpc) is 2.87. The molecule has 0 unspecified atom stereocenters. The molecule has 3 N–H and O–H groups in total. The average molecular weight is 495 g/mol. The van der Waals surface area contributed by atoms with E-state index in [0.29, 0.717) is 11.1 Å². The Bertz CT molecular complexity index is 1290. The molecule has 0 saturated carbocycles. The topological polar surface area (TPSA) is 125 Å². The van der Waals surface area contributed by atoms with Gasteiger partial charge in [0.25, 0.3) is 17.7 Å². The van der Waals surface area contributed by atoms with Crippen LogP contribution in [0.1, 0.15) is 31.8 Å². The van der Waals surface area contributed by atoms with Gasteiger partial charge in [0.1, 0.15) is 0 Å². The SMILES string of the molecule is Cc1ccc(S(=O)(=O)N(C)Cc2ccc(C(=O)NNC(=O)CNC(=O)c3ccccc3)cc2)cc1. The third-order valence-electron chi connectivity index (χ3n) is 5.11. The zero-order valence-electron chi connectivity index (χ0n) is 19.3. The minimum absolute atomic E-state index is 0.121. The number of hydrogen-bond donors (Lipinski definition) is 3. The van der Waals surface area contributed by atoms with Crippen LogP contribution in [0.15, 0.2) is 83.8 Å². The third kappa shape index (κ3) is 6.98. The molecule has 3 rings (SSSR count). The lowest BCUT2D eigenvalue weighted by atomic mass is 10.1. The molecular formula is C25H26N4O5S. The summed E-state index contributed by atoms with van der Waals surface area (Å²) in [5.41, 5.74) is 6.85. The van der Waals surface area contributed by atoms with E-state index >= 15 is 0 Å². The van der Waals surface area contributed by atoms with Gasteiger partial charge in [-0.25, -0.2) is 8.42 Å². The van der Waals surface area contributed by atoms with E-state index in [9.17, 15) is 22.8 Å². The van der Waals surface area contributed by atoms with Crippen molar-refractivity contribution in [1.29, 1.82) is 0 Å². The fraction of sp³-hybridized carbons (Fsp3) is 0.160. The minimum atomic E-state index is -3.65. The fourth-order valence-electron chi connectivity index (χ4n) is 3.09. The molecule has 9 nitrogen and oxygen atoms in total. The zero-order valence-corrected chi connectivity index (χ0v) is 20.1. The van der Waals surface area contributed by atoms with Crippen molar-refractivity contribution in [1.82, 2.24) is 20.5 Å². The van der Waals surface area contributed by atoms with Crippen LogP contribution < -0.4 is 16.2 Å². The maximum atomic E-state index is 12.7. The molecule has 0 aliphatic heterocycles. The number of benzene rings is 3. The molecule has 3 amide bonds. The van der Waals surface area contributed by atoms with Gasteiger partial charge in [0, 0.05) is 24.7 Å². The fourth-order valence-corrected chi connectivity index (χ4v) is 4.25. The van der Waals surface area contributed by atoms with Gasteiger partial charge in [0.05, 0.1) is 11.4 Å². The Labute approximate surface area is 204 Å². The predicted molar refractivity (Wildman–Crippen MR) is 131 cm³/mol. The van der Waals surface area contributed by atoms with Gasteiger partial charge in [-0.05, 0) is 48.9 Å². The summed E-state index contributed by atoms with van der Waals surface area (Å²) >= 11 is 0. The number of hydrazine groups is 1. The number of aryl methyl sites for hydroxylation is 1. The van der Waals surface area contributed by atoms with Crippen LogP contribution in [-0.2, 0) is 21.4 Å². The molecule has 0 heterocycles. The van der Waals surface area contributed by atoms with Crippen LogP contribution >= 0.6 is 0 Å². The van der Waals surface area contributed by atoms with Gasteiger partial charge >= 0.3 is 0 Å². The van der Waals surface area contributed by atoms with Gasteiger partial charge in [-0.3, -0.25) is 25.2 Å². The summed E-state index contributed by atoms with van der Waals surface area (Å²) in [6.07, 6.45) is 0. The van der Waals surface area contributed by atoms with Crippen LogP contribution in [0.25, 0.3) is 0 Å².